The SMILES string of the molecule is Cn1nc(C2CC3CC(CNC(=O)C4CCNC(=O)C4)CC3C2)c(C(=O)Nc2ccc(F)c(Cl)c2)c1N. The molecule has 3 unspecified atom stereocenters. The van der Waals surface area contributed by atoms with Gasteiger partial charge in [-0.15, -0.1) is 0 Å². The first-order valence-corrected chi connectivity index (χ1v) is 13.2. The normalized spacial score (nSPS) is 27.0. The fourth-order valence-electron chi connectivity index (χ4n) is 6.37. The van der Waals surface area contributed by atoms with E-state index in [4.69, 9.17) is 17.3 Å². The molecule has 3 fully saturated rings. The second-order valence-electron chi connectivity index (χ2n) is 10.7. The Kier molecular flexibility index (Phi) is 7.11. The number of aryl methyl sites for hydroxylation is 1. The van der Waals surface area contributed by atoms with Gasteiger partial charge in [-0.3, -0.25) is 19.1 Å². The number of rotatable bonds is 6. The quantitative estimate of drug-likeness (QED) is 0.455. The number of carbonyl (C=O) groups excluding carboxylic acids is 3. The highest BCUT2D eigenvalue weighted by molar-refractivity contribution is 6.31. The van der Waals surface area contributed by atoms with Crippen molar-refractivity contribution in [1.29, 1.82) is 0 Å². The first-order chi connectivity index (χ1) is 17.7. The molecule has 1 aromatic heterocycles. The lowest BCUT2D eigenvalue weighted by molar-refractivity contribution is -0.132. The predicted molar refractivity (Wildman–Crippen MR) is 137 cm³/mol. The molecule has 0 bridgehead atoms. The van der Waals surface area contributed by atoms with E-state index in [0.717, 1.165) is 25.7 Å². The summed E-state index contributed by atoms with van der Waals surface area (Å²) in [5.74, 6) is 0.563. The first-order valence-electron chi connectivity index (χ1n) is 12.8. The number of aromatic nitrogens is 2. The van der Waals surface area contributed by atoms with Crippen molar-refractivity contribution in [2.45, 2.75) is 44.4 Å². The summed E-state index contributed by atoms with van der Waals surface area (Å²) in [5.41, 5.74) is 7.68. The maximum atomic E-state index is 13.5. The number of halogens is 2. The lowest BCUT2D eigenvalue weighted by Gasteiger charge is -2.22. The van der Waals surface area contributed by atoms with Gasteiger partial charge >= 0.3 is 0 Å². The molecule has 1 aromatic carbocycles. The van der Waals surface area contributed by atoms with Crippen molar-refractivity contribution in [2.24, 2.45) is 30.7 Å². The van der Waals surface area contributed by atoms with Crippen LogP contribution in [0.2, 0.25) is 5.02 Å². The number of piperidine rings is 1. The van der Waals surface area contributed by atoms with Crippen molar-refractivity contribution in [3.05, 3.63) is 40.3 Å². The maximum absolute atomic E-state index is 13.5. The predicted octanol–water partition coefficient (Wildman–Crippen LogP) is 3.21. The zero-order valence-corrected chi connectivity index (χ0v) is 21.5. The van der Waals surface area contributed by atoms with Gasteiger partial charge in [0.2, 0.25) is 11.8 Å². The van der Waals surface area contributed by atoms with E-state index < -0.39 is 11.7 Å². The van der Waals surface area contributed by atoms with Gasteiger partial charge in [0.25, 0.3) is 5.91 Å². The minimum absolute atomic E-state index is 0.0214. The van der Waals surface area contributed by atoms with E-state index in [1.807, 2.05) is 0 Å². The fourth-order valence-corrected chi connectivity index (χ4v) is 6.55. The molecule has 2 aliphatic carbocycles. The average Bonchev–Trinajstić information content (AvgIpc) is 3.51. The van der Waals surface area contributed by atoms with Gasteiger partial charge in [0, 0.05) is 44.1 Å². The third kappa shape index (κ3) is 5.30. The molecule has 2 saturated carbocycles. The molecule has 0 radical (unpaired) electrons. The number of hydrogen-bond acceptors (Lipinski definition) is 5. The van der Waals surface area contributed by atoms with Crippen LogP contribution >= 0.6 is 11.6 Å². The van der Waals surface area contributed by atoms with Crippen LogP contribution in [0.3, 0.4) is 0 Å². The smallest absolute Gasteiger partial charge is 0.261 e. The minimum Gasteiger partial charge on any atom is -0.383 e. The van der Waals surface area contributed by atoms with E-state index in [1.165, 1.54) is 22.9 Å². The lowest BCUT2D eigenvalue weighted by Crippen LogP contribution is -2.42. The number of hydrogen-bond donors (Lipinski definition) is 4. The van der Waals surface area contributed by atoms with Gasteiger partial charge in [-0.05, 0) is 68.1 Å². The number of carbonyl (C=O) groups is 3. The number of nitrogens with zero attached hydrogens (tertiary/aromatic N) is 2. The number of fused-ring (bicyclic) bond motifs is 1. The van der Waals surface area contributed by atoms with Crippen molar-refractivity contribution < 1.29 is 18.8 Å². The highest BCUT2D eigenvalue weighted by Crippen LogP contribution is 2.52. The number of anilines is 2. The van der Waals surface area contributed by atoms with Gasteiger partial charge in [0.1, 0.15) is 17.2 Å². The topological polar surface area (TPSA) is 131 Å². The summed E-state index contributed by atoms with van der Waals surface area (Å²) >= 11 is 5.86. The Balaban J connectivity index is 1.19. The van der Waals surface area contributed by atoms with Crippen LogP contribution in [0.5, 0.6) is 0 Å². The van der Waals surface area contributed by atoms with Crippen LogP contribution in [-0.4, -0.2) is 40.6 Å². The molecule has 3 aliphatic rings. The van der Waals surface area contributed by atoms with E-state index in [0.29, 0.717) is 54.2 Å². The van der Waals surface area contributed by atoms with Gasteiger partial charge in [0.15, 0.2) is 0 Å². The highest BCUT2D eigenvalue weighted by atomic mass is 35.5. The number of nitrogen functional groups attached to an aromatic ring is 1. The Morgan fingerprint density at radius 2 is 1.97 bits per heavy atom. The van der Waals surface area contributed by atoms with Crippen LogP contribution in [-0.2, 0) is 16.6 Å². The van der Waals surface area contributed by atoms with Gasteiger partial charge in [-0.1, -0.05) is 11.6 Å². The van der Waals surface area contributed by atoms with Crippen LogP contribution < -0.4 is 21.7 Å². The molecule has 11 heteroatoms. The summed E-state index contributed by atoms with van der Waals surface area (Å²) in [6.07, 6.45) is 4.82. The van der Waals surface area contributed by atoms with E-state index in [2.05, 4.69) is 21.0 Å². The maximum Gasteiger partial charge on any atom is 0.261 e. The van der Waals surface area contributed by atoms with E-state index >= 15 is 0 Å². The third-order valence-electron chi connectivity index (χ3n) is 8.21. The second-order valence-corrected chi connectivity index (χ2v) is 11.1. The molecule has 3 atom stereocenters. The molecule has 3 amide bonds. The average molecular weight is 531 g/mol. The number of nitrogens with one attached hydrogen (secondary N) is 3. The number of benzene rings is 1. The molecule has 198 valence electrons. The minimum atomic E-state index is -0.557. The molecule has 2 aromatic rings. The summed E-state index contributed by atoms with van der Waals surface area (Å²) in [5, 5.41) is 13.1. The van der Waals surface area contributed by atoms with Crippen molar-refractivity contribution in [3.8, 4) is 0 Å². The highest BCUT2D eigenvalue weighted by Gasteiger charge is 2.44. The zero-order valence-electron chi connectivity index (χ0n) is 20.7. The van der Waals surface area contributed by atoms with E-state index in [-0.39, 0.29) is 40.9 Å². The molecule has 2 heterocycles. The van der Waals surface area contributed by atoms with Crippen LogP contribution in [0.15, 0.2) is 18.2 Å². The summed E-state index contributed by atoms with van der Waals surface area (Å²) in [7, 11) is 1.72. The Labute approximate surface area is 219 Å². The summed E-state index contributed by atoms with van der Waals surface area (Å²) in [6, 6.07) is 4.02. The number of nitrogens with two attached hydrogens (primary N) is 1. The molecule has 9 nitrogen and oxygen atoms in total. The fraction of sp³-hybridized carbons (Fsp3) is 0.538. The van der Waals surface area contributed by atoms with Crippen molar-refractivity contribution in [2.75, 3.05) is 24.1 Å². The molecule has 5 N–H and O–H groups in total. The molecular formula is C26H32ClFN6O3. The largest absolute Gasteiger partial charge is 0.383 e. The Morgan fingerprint density at radius 3 is 2.65 bits per heavy atom. The standard InChI is InChI=1S/C26H32ClFN6O3/c1-34-24(29)22(26(37)32-18-2-3-20(28)19(27)11-18)23(33-34)17-8-15-6-13(7-16(15)9-17)12-31-25(36)14-4-5-30-21(35)10-14/h2-3,11,13-17H,4-10,12,29H2,1H3,(H,30,35)(H,31,36)(H,32,37). The van der Waals surface area contributed by atoms with E-state index in [1.54, 1.807) is 7.05 Å². The summed E-state index contributed by atoms with van der Waals surface area (Å²) < 4.78 is 15.0. The Hall–Kier alpha value is -3.14. The van der Waals surface area contributed by atoms with Gasteiger partial charge in [-0.25, -0.2) is 4.39 Å². The van der Waals surface area contributed by atoms with Crippen LogP contribution in [0.1, 0.15) is 60.5 Å². The van der Waals surface area contributed by atoms with Crippen LogP contribution in [0, 0.1) is 29.5 Å². The van der Waals surface area contributed by atoms with Crippen molar-refractivity contribution >= 4 is 40.8 Å². The molecule has 1 aliphatic heterocycles. The van der Waals surface area contributed by atoms with E-state index in [9.17, 15) is 18.8 Å². The Morgan fingerprint density at radius 1 is 1.24 bits per heavy atom. The molecule has 1 saturated heterocycles. The Bertz CT molecular complexity index is 1220. The monoisotopic (exact) mass is 530 g/mol. The van der Waals surface area contributed by atoms with Crippen molar-refractivity contribution in [3.63, 3.8) is 0 Å². The van der Waals surface area contributed by atoms with Gasteiger partial charge in [0.05, 0.1) is 10.7 Å². The molecule has 5 rings (SSSR count). The third-order valence-corrected chi connectivity index (χ3v) is 8.50. The molecule has 37 heavy (non-hydrogen) atoms. The van der Waals surface area contributed by atoms with Crippen molar-refractivity contribution in [1.82, 2.24) is 20.4 Å². The van der Waals surface area contributed by atoms with Gasteiger partial charge < -0.3 is 21.7 Å². The summed E-state index contributed by atoms with van der Waals surface area (Å²) in [6.45, 7) is 1.20. The molecule has 0 spiro atoms. The lowest BCUT2D eigenvalue weighted by atomic mass is 9.93. The summed E-state index contributed by atoms with van der Waals surface area (Å²) in [4.78, 5) is 37.3. The second kappa shape index (κ2) is 10.3. The van der Waals surface area contributed by atoms with Gasteiger partial charge in [-0.2, -0.15) is 5.10 Å². The first kappa shape index (κ1) is 25.5. The van der Waals surface area contributed by atoms with Crippen LogP contribution in [0.4, 0.5) is 15.9 Å². The zero-order chi connectivity index (χ0) is 26.3. The molecular weight excluding hydrogens is 499 g/mol. The number of amides is 3. The van der Waals surface area contributed by atoms with Crippen LogP contribution in [0.25, 0.3) is 0 Å².